The first-order valence-electron chi connectivity index (χ1n) is 13.1. The number of likely N-dealkylation sites (tertiary alicyclic amines) is 1. The van der Waals surface area contributed by atoms with Gasteiger partial charge in [0, 0.05) is 35.8 Å². The Morgan fingerprint density at radius 1 is 1.20 bits per heavy atom. The molecule has 1 spiro atoms. The lowest BCUT2D eigenvalue weighted by Crippen LogP contribution is -2.52. The van der Waals surface area contributed by atoms with E-state index in [2.05, 4.69) is 21.7 Å². The monoisotopic (exact) mass is 563 g/mol. The molecule has 0 unspecified atom stereocenters. The minimum Gasteiger partial charge on any atom is -0.340 e. The van der Waals surface area contributed by atoms with Crippen molar-refractivity contribution in [2.75, 3.05) is 11.9 Å². The van der Waals surface area contributed by atoms with Crippen LogP contribution in [0.3, 0.4) is 0 Å². The lowest BCUT2D eigenvalue weighted by Gasteiger charge is -2.31. The number of nitrogens with one attached hydrogen (secondary N) is 2. The highest BCUT2D eigenvalue weighted by Gasteiger charge is 2.56. The number of carbonyl (C=O) groups is 3. The zero-order valence-electron chi connectivity index (χ0n) is 22.7. The van der Waals surface area contributed by atoms with Crippen LogP contribution >= 0.6 is 0 Å². The van der Waals surface area contributed by atoms with E-state index < -0.39 is 46.5 Å². The molecule has 1 fully saturated rings. The Morgan fingerprint density at radius 3 is 2.61 bits per heavy atom. The van der Waals surface area contributed by atoms with Gasteiger partial charge in [0.15, 0.2) is 0 Å². The van der Waals surface area contributed by atoms with E-state index in [1.807, 2.05) is 26.8 Å². The van der Waals surface area contributed by atoms with Crippen molar-refractivity contribution in [2.45, 2.75) is 57.3 Å². The third kappa shape index (κ3) is 5.22. The average molecular weight is 564 g/mol. The van der Waals surface area contributed by atoms with Gasteiger partial charge in [0.05, 0.1) is 22.6 Å². The number of amides is 3. The zero-order valence-corrected chi connectivity index (χ0v) is 22.7. The molecular formula is C30H28F3N5O3. The number of fused-ring (bicyclic) bond motifs is 3. The molecule has 2 aliphatic heterocycles. The van der Waals surface area contributed by atoms with Gasteiger partial charge in [-0.15, -0.1) is 0 Å². The molecular weight excluding hydrogens is 535 g/mol. The summed E-state index contributed by atoms with van der Waals surface area (Å²) in [5, 5.41) is 15.7. The van der Waals surface area contributed by atoms with Gasteiger partial charge in [0.25, 0.3) is 5.91 Å². The molecule has 3 heterocycles. The highest BCUT2D eigenvalue weighted by Crippen LogP contribution is 2.46. The summed E-state index contributed by atoms with van der Waals surface area (Å²) in [5.41, 5.74) is -0.728. The van der Waals surface area contributed by atoms with Gasteiger partial charge < -0.3 is 15.5 Å². The van der Waals surface area contributed by atoms with E-state index in [1.54, 1.807) is 18.2 Å². The fourth-order valence-electron chi connectivity index (χ4n) is 5.67. The summed E-state index contributed by atoms with van der Waals surface area (Å²) < 4.78 is 39.6. The van der Waals surface area contributed by atoms with Crippen LogP contribution in [-0.2, 0) is 21.2 Å². The molecule has 5 rings (SSSR count). The van der Waals surface area contributed by atoms with Crippen molar-refractivity contribution >= 4 is 34.3 Å². The van der Waals surface area contributed by atoms with Crippen molar-refractivity contribution < 1.29 is 27.6 Å². The van der Waals surface area contributed by atoms with Crippen molar-refractivity contribution in [3.05, 3.63) is 71.4 Å². The number of anilines is 1. The Bertz CT molecular complexity index is 1610. The second kappa shape index (κ2) is 9.87. The Hall–Kier alpha value is -4.46. The normalized spacial score (nSPS) is 21.0. The van der Waals surface area contributed by atoms with E-state index in [0.717, 1.165) is 17.8 Å². The number of alkyl halides is 3. The molecule has 11 heteroatoms. The molecule has 2 aliphatic rings. The van der Waals surface area contributed by atoms with Crippen LogP contribution in [-0.4, -0.2) is 46.2 Å². The summed E-state index contributed by atoms with van der Waals surface area (Å²) in [6.07, 6.45) is -3.52. The summed E-state index contributed by atoms with van der Waals surface area (Å²) in [5.74, 6) is -1.44. The van der Waals surface area contributed by atoms with Crippen LogP contribution in [0.25, 0.3) is 10.9 Å². The number of carbonyl (C=O) groups excluding carboxylic acids is 3. The fourth-order valence-corrected chi connectivity index (χ4v) is 5.67. The summed E-state index contributed by atoms with van der Waals surface area (Å²) in [6.45, 7) is 5.67. The van der Waals surface area contributed by atoms with Crippen molar-refractivity contribution in [2.24, 2.45) is 5.41 Å². The second-order valence-corrected chi connectivity index (χ2v) is 11.8. The van der Waals surface area contributed by atoms with Crippen LogP contribution in [0.15, 0.2) is 54.7 Å². The number of hydrogen-bond donors (Lipinski definition) is 2. The topological polar surface area (TPSA) is 115 Å². The minimum atomic E-state index is -4.59. The fraction of sp³-hybridized carbons (Fsp3) is 0.367. The molecule has 0 bridgehead atoms. The third-order valence-electron chi connectivity index (χ3n) is 7.61. The maximum Gasteiger partial charge on any atom is 0.417 e. The Balaban J connectivity index is 1.44. The quantitative estimate of drug-likeness (QED) is 0.473. The van der Waals surface area contributed by atoms with Crippen LogP contribution in [0.1, 0.15) is 55.1 Å². The SMILES string of the molecule is CC(C)(C)C[C@H](NC(=O)c1ccc2ncc(C(F)(F)F)cc2c1)C(=O)N1C[C@]2(C[C@H]1C#N)C(=O)Nc1ccccc12. The number of halogens is 3. The largest absolute Gasteiger partial charge is 0.417 e. The van der Waals surface area contributed by atoms with Gasteiger partial charge >= 0.3 is 6.18 Å². The van der Waals surface area contributed by atoms with Gasteiger partial charge in [0.2, 0.25) is 11.8 Å². The van der Waals surface area contributed by atoms with Gasteiger partial charge in [-0.1, -0.05) is 39.0 Å². The number of nitrogens with zero attached hydrogens (tertiary/aromatic N) is 3. The van der Waals surface area contributed by atoms with Gasteiger partial charge in [-0.25, -0.2) is 0 Å². The number of aromatic nitrogens is 1. The summed E-state index contributed by atoms with van der Waals surface area (Å²) in [4.78, 5) is 45.7. The Morgan fingerprint density at radius 2 is 1.93 bits per heavy atom. The summed E-state index contributed by atoms with van der Waals surface area (Å²) in [7, 11) is 0. The van der Waals surface area contributed by atoms with E-state index >= 15 is 0 Å². The van der Waals surface area contributed by atoms with Gasteiger partial charge in [0.1, 0.15) is 12.1 Å². The van der Waals surface area contributed by atoms with Crippen LogP contribution < -0.4 is 10.6 Å². The molecule has 2 aromatic carbocycles. The standard InChI is InChI=1S/C30H28F3N5O3/c1-28(2,3)13-24(36-25(39)17-8-9-22-18(10-17)11-19(15-35-22)30(31,32)33)26(40)38-16-29(12-20(38)14-34)21-6-4-5-7-23(21)37-27(29)41/h4-11,15,20,24H,12-13,16H2,1-3H3,(H,36,39)(H,37,41)/t20-,24-,29-/m0/s1. The molecule has 41 heavy (non-hydrogen) atoms. The minimum absolute atomic E-state index is 0.0225. The first kappa shape index (κ1) is 28.1. The predicted octanol–water partition coefficient (Wildman–Crippen LogP) is 4.80. The molecule has 2 N–H and O–H groups in total. The summed E-state index contributed by atoms with van der Waals surface area (Å²) in [6, 6.07) is 12.5. The zero-order chi connectivity index (χ0) is 29.7. The van der Waals surface area contributed by atoms with E-state index in [9.17, 15) is 32.8 Å². The molecule has 3 amide bonds. The maximum absolute atomic E-state index is 14.0. The number of benzene rings is 2. The molecule has 0 saturated carbocycles. The first-order valence-corrected chi connectivity index (χ1v) is 13.1. The van der Waals surface area contributed by atoms with Crippen LogP contribution in [0.2, 0.25) is 0 Å². The third-order valence-corrected chi connectivity index (χ3v) is 7.61. The smallest absolute Gasteiger partial charge is 0.340 e. The van der Waals surface area contributed by atoms with Crippen LogP contribution in [0.5, 0.6) is 0 Å². The molecule has 3 atom stereocenters. The van der Waals surface area contributed by atoms with E-state index in [1.165, 1.54) is 23.1 Å². The lowest BCUT2D eigenvalue weighted by atomic mass is 9.80. The molecule has 212 valence electrons. The van der Waals surface area contributed by atoms with E-state index in [0.29, 0.717) is 5.69 Å². The summed E-state index contributed by atoms with van der Waals surface area (Å²) >= 11 is 0. The van der Waals surface area contributed by atoms with E-state index in [4.69, 9.17) is 0 Å². The van der Waals surface area contributed by atoms with Gasteiger partial charge in [-0.05, 0) is 47.7 Å². The molecule has 8 nitrogen and oxygen atoms in total. The first-order chi connectivity index (χ1) is 19.2. The number of para-hydroxylation sites is 1. The number of pyridine rings is 1. The molecule has 0 radical (unpaired) electrons. The van der Waals surface area contributed by atoms with Crippen LogP contribution in [0.4, 0.5) is 18.9 Å². The molecule has 3 aromatic rings. The Labute approximate surface area is 234 Å². The maximum atomic E-state index is 14.0. The van der Waals surface area contributed by atoms with Crippen molar-refractivity contribution in [1.82, 2.24) is 15.2 Å². The number of hydrogen-bond acceptors (Lipinski definition) is 5. The number of rotatable bonds is 4. The van der Waals surface area contributed by atoms with Crippen molar-refractivity contribution in [1.29, 1.82) is 5.26 Å². The average Bonchev–Trinajstić information content (AvgIpc) is 3.43. The number of nitriles is 1. The van der Waals surface area contributed by atoms with E-state index in [-0.39, 0.29) is 41.8 Å². The van der Waals surface area contributed by atoms with Crippen LogP contribution in [0, 0.1) is 16.7 Å². The van der Waals surface area contributed by atoms with Crippen molar-refractivity contribution in [3.8, 4) is 6.07 Å². The lowest BCUT2D eigenvalue weighted by molar-refractivity contribution is -0.137. The molecule has 1 saturated heterocycles. The van der Waals surface area contributed by atoms with Gasteiger partial charge in [-0.2, -0.15) is 18.4 Å². The van der Waals surface area contributed by atoms with Gasteiger partial charge in [-0.3, -0.25) is 19.4 Å². The highest BCUT2D eigenvalue weighted by atomic mass is 19.4. The van der Waals surface area contributed by atoms with Crippen molar-refractivity contribution in [3.63, 3.8) is 0 Å². The molecule has 1 aromatic heterocycles. The second-order valence-electron chi connectivity index (χ2n) is 11.8. The highest BCUT2D eigenvalue weighted by molar-refractivity contribution is 6.07. The Kier molecular flexibility index (Phi) is 6.76. The predicted molar refractivity (Wildman–Crippen MR) is 145 cm³/mol. The molecule has 0 aliphatic carbocycles.